The first-order valence-corrected chi connectivity index (χ1v) is 16.7. The summed E-state index contributed by atoms with van der Waals surface area (Å²) in [6, 6.07) is 8.63. The van der Waals surface area contributed by atoms with Crippen LogP contribution in [0.25, 0.3) is 0 Å². The third-order valence-corrected chi connectivity index (χ3v) is 8.54. The Morgan fingerprint density at radius 2 is 1.76 bits per heavy atom. The number of aromatic nitrogens is 2. The third kappa shape index (κ3) is 12.6. The molecule has 10 nitrogen and oxygen atoms in total. The highest BCUT2D eigenvalue weighted by Crippen LogP contribution is 2.30. The van der Waals surface area contributed by atoms with Gasteiger partial charge in [0.15, 0.2) is 6.10 Å². The van der Waals surface area contributed by atoms with E-state index in [4.69, 9.17) is 9.47 Å². The van der Waals surface area contributed by atoms with Crippen molar-refractivity contribution in [2.75, 3.05) is 0 Å². The summed E-state index contributed by atoms with van der Waals surface area (Å²) in [5, 5.41) is 17.2. The molecular formula is C36H54N4O6. The van der Waals surface area contributed by atoms with Crippen LogP contribution in [0.15, 0.2) is 55.5 Å². The van der Waals surface area contributed by atoms with Crippen molar-refractivity contribution in [2.24, 2.45) is 17.8 Å². The number of hydrogen-bond donors (Lipinski definition) is 4. The SMILES string of the molecule is C=C[C@@H](C[C@H](O)[C@H](CC1CCCCC1)NC(=O)[C@H](Cc1cnc[nH]1)OC(=O)[C@H](Cc1ccccc1)OC(=O)NC(C)(C)C)C(C)C. The van der Waals surface area contributed by atoms with Crippen molar-refractivity contribution in [3.05, 3.63) is 66.8 Å². The molecule has 46 heavy (non-hydrogen) atoms. The number of carbonyl (C=O) groups excluding carboxylic acids is 3. The maximum atomic E-state index is 14.0. The summed E-state index contributed by atoms with van der Waals surface area (Å²) in [7, 11) is 0. The maximum Gasteiger partial charge on any atom is 0.408 e. The molecule has 1 saturated carbocycles. The number of rotatable bonds is 16. The van der Waals surface area contributed by atoms with Gasteiger partial charge in [-0.3, -0.25) is 4.79 Å². The number of amides is 2. The minimum Gasteiger partial charge on any atom is -0.449 e. The average Bonchev–Trinajstić information content (AvgIpc) is 3.52. The number of benzene rings is 1. The summed E-state index contributed by atoms with van der Waals surface area (Å²) in [6.45, 7) is 13.5. The fourth-order valence-electron chi connectivity index (χ4n) is 5.92. The number of nitrogens with one attached hydrogen (secondary N) is 3. The van der Waals surface area contributed by atoms with Crippen LogP contribution in [-0.4, -0.2) is 62.9 Å². The molecule has 1 aromatic heterocycles. The molecule has 0 spiro atoms. The lowest BCUT2D eigenvalue weighted by Gasteiger charge is -2.33. The molecular weight excluding hydrogens is 584 g/mol. The number of allylic oxidation sites excluding steroid dienone is 1. The van der Waals surface area contributed by atoms with Gasteiger partial charge in [-0.2, -0.15) is 0 Å². The van der Waals surface area contributed by atoms with Gasteiger partial charge in [0.05, 0.1) is 18.5 Å². The van der Waals surface area contributed by atoms with E-state index < -0.39 is 47.9 Å². The highest BCUT2D eigenvalue weighted by atomic mass is 16.6. The average molecular weight is 639 g/mol. The van der Waals surface area contributed by atoms with Crippen LogP contribution in [0.3, 0.4) is 0 Å². The number of aliphatic hydroxyl groups excluding tert-OH is 1. The van der Waals surface area contributed by atoms with Crippen LogP contribution in [0.2, 0.25) is 0 Å². The predicted molar refractivity (Wildman–Crippen MR) is 178 cm³/mol. The zero-order chi connectivity index (χ0) is 33.7. The molecule has 2 amide bonds. The number of aliphatic hydroxyl groups is 1. The zero-order valence-corrected chi connectivity index (χ0v) is 28.2. The largest absolute Gasteiger partial charge is 0.449 e. The molecule has 4 N–H and O–H groups in total. The van der Waals surface area contributed by atoms with Gasteiger partial charge in [-0.15, -0.1) is 6.58 Å². The zero-order valence-electron chi connectivity index (χ0n) is 28.2. The molecule has 1 aromatic carbocycles. The van der Waals surface area contributed by atoms with Crippen molar-refractivity contribution in [3.63, 3.8) is 0 Å². The number of alkyl carbamates (subject to hydrolysis) is 1. The number of ether oxygens (including phenoxy) is 2. The van der Waals surface area contributed by atoms with Crippen molar-refractivity contribution >= 4 is 18.0 Å². The van der Waals surface area contributed by atoms with E-state index in [9.17, 15) is 19.5 Å². The van der Waals surface area contributed by atoms with Crippen LogP contribution in [0.5, 0.6) is 0 Å². The number of imidazole rings is 1. The van der Waals surface area contributed by atoms with Crippen molar-refractivity contribution in [2.45, 2.75) is 122 Å². The van der Waals surface area contributed by atoms with Crippen molar-refractivity contribution in [3.8, 4) is 0 Å². The van der Waals surface area contributed by atoms with E-state index in [1.165, 1.54) is 12.7 Å². The van der Waals surface area contributed by atoms with Crippen molar-refractivity contribution in [1.29, 1.82) is 0 Å². The Morgan fingerprint density at radius 3 is 2.35 bits per heavy atom. The van der Waals surface area contributed by atoms with Crippen LogP contribution in [0.1, 0.15) is 90.8 Å². The van der Waals surface area contributed by atoms with Crippen LogP contribution in [0, 0.1) is 17.8 Å². The van der Waals surface area contributed by atoms with Gasteiger partial charge in [0, 0.05) is 30.3 Å². The lowest BCUT2D eigenvalue weighted by atomic mass is 9.81. The standard InChI is InChI=1S/C36H54N4O6/c1-7-27(24(2)3)20-30(41)29(18-25-14-10-8-11-15-25)39-33(42)31(21-28-22-37-23-38-28)45-34(43)32(19-26-16-12-9-13-17-26)46-35(44)40-36(4,5)6/h7,9,12-13,16-17,22-25,27,29-32,41H,1,8,10-11,14-15,18-21H2,2-6H3,(H,37,38)(H,39,42)(H,40,44)/t27-,29-,30-,31-,32-/m0/s1. The fraction of sp³-hybridized carbons (Fsp3) is 0.611. The van der Waals surface area contributed by atoms with Gasteiger partial charge < -0.3 is 30.2 Å². The Bertz CT molecular complexity index is 1220. The second-order valence-electron chi connectivity index (χ2n) is 14.0. The summed E-state index contributed by atoms with van der Waals surface area (Å²) in [5.74, 6) is -0.629. The van der Waals surface area contributed by atoms with Gasteiger partial charge in [-0.1, -0.05) is 82.4 Å². The molecule has 3 rings (SSSR count). The maximum absolute atomic E-state index is 14.0. The number of H-pyrrole nitrogens is 1. The number of nitrogens with zero attached hydrogens (tertiary/aromatic N) is 1. The van der Waals surface area contributed by atoms with Gasteiger partial charge in [-0.25, -0.2) is 14.6 Å². The first-order valence-electron chi connectivity index (χ1n) is 16.7. The fourth-order valence-corrected chi connectivity index (χ4v) is 5.92. The van der Waals surface area contributed by atoms with E-state index in [-0.39, 0.29) is 24.7 Å². The monoisotopic (exact) mass is 638 g/mol. The molecule has 2 aromatic rings. The highest BCUT2D eigenvalue weighted by molar-refractivity contribution is 5.86. The lowest BCUT2D eigenvalue weighted by molar-refractivity contribution is -0.164. The minimum absolute atomic E-state index is 0.0251. The lowest BCUT2D eigenvalue weighted by Crippen LogP contribution is -2.51. The Balaban J connectivity index is 1.84. The van der Waals surface area contributed by atoms with Crippen LogP contribution in [-0.2, 0) is 31.9 Å². The van der Waals surface area contributed by atoms with Crippen LogP contribution >= 0.6 is 0 Å². The molecule has 1 aliphatic carbocycles. The van der Waals surface area contributed by atoms with E-state index in [1.807, 2.05) is 36.4 Å². The van der Waals surface area contributed by atoms with E-state index in [2.05, 4.69) is 41.0 Å². The van der Waals surface area contributed by atoms with Gasteiger partial charge in [-0.05, 0) is 56.9 Å². The van der Waals surface area contributed by atoms with Gasteiger partial charge >= 0.3 is 12.1 Å². The minimum atomic E-state index is -1.30. The first kappa shape index (κ1) is 36.8. The summed E-state index contributed by atoms with van der Waals surface area (Å²) in [5.41, 5.74) is 0.769. The summed E-state index contributed by atoms with van der Waals surface area (Å²) in [6.07, 6.45) is 7.52. The van der Waals surface area contributed by atoms with Crippen molar-refractivity contribution in [1.82, 2.24) is 20.6 Å². The van der Waals surface area contributed by atoms with Gasteiger partial charge in [0.2, 0.25) is 6.10 Å². The number of esters is 1. The van der Waals surface area contributed by atoms with Crippen LogP contribution < -0.4 is 10.6 Å². The van der Waals surface area contributed by atoms with Gasteiger partial charge in [0.25, 0.3) is 5.91 Å². The van der Waals surface area contributed by atoms with E-state index in [0.717, 1.165) is 31.2 Å². The van der Waals surface area contributed by atoms with Gasteiger partial charge in [0.1, 0.15) is 0 Å². The molecule has 0 aliphatic heterocycles. The normalized spacial score (nSPS) is 17.3. The molecule has 1 heterocycles. The molecule has 0 radical (unpaired) electrons. The topological polar surface area (TPSA) is 143 Å². The molecule has 1 aliphatic rings. The molecule has 0 saturated heterocycles. The Morgan fingerprint density at radius 1 is 1.07 bits per heavy atom. The van der Waals surface area contributed by atoms with E-state index in [0.29, 0.717) is 24.5 Å². The van der Waals surface area contributed by atoms with Crippen molar-refractivity contribution < 1.29 is 29.0 Å². The molecule has 1 fully saturated rings. The molecule has 0 bridgehead atoms. The quantitative estimate of drug-likeness (QED) is 0.137. The predicted octanol–water partition coefficient (Wildman–Crippen LogP) is 5.66. The molecule has 0 unspecified atom stereocenters. The Kier molecular flexibility index (Phi) is 14.3. The van der Waals surface area contributed by atoms with Crippen LogP contribution in [0.4, 0.5) is 4.79 Å². The summed E-state index contributed by atoms with van der Waals surface area (Å²) >= 11 is 0. The Hall–Kier alpha value is -3.66. The molecule has 5 atom stereocenters. The summed E-state index contributed by atoms with van der Waals surface area (Å²) < 4.78 is 11.4. The highest BCUT2D eigenvalue weighted by Gasteiger charge is 2.35. The Labute approximate surface area is 274 Å². The molecule has 254 valence electrons. The van der Waals surface area contributed by atoms with E-state index in [1.54, 1.807) is 27.0 Å². The second kappa shape index (κ2) is 17.9. The number of carbonyl (C=O) groups is 3. The summed E-state index contributed by atoms with van der Waals surface area (Å²) in [4.78, 5) is 47.4. The smallest absolute Gasteiger partial charge is 0.408 e. The van der Waals surface area contributed by atoms with E-state index >= 15 is 0 Å². The number of aromatic amines is 1. The molecule has 10 heteroatoms. The third-order valence-electron chi connectivity index (χ3n) is 8.54. The number of hydrogen-bond acceptors (Lipinski definition) is 7. The second-order valence-corrected chi connectivity index (χ2v) is 14.0. The first-order chi connectivity index (χ1) is 21.8.